The fraction of sp³-hybridized carbons (Fsp3) is 0.261. The Hall–Kier alpha value is -3.56. The van der Waals surface area contributed by atoms with E-state index in [0.29, 0.717) is 33.8 Å². The second-order valence-electron chi connectivity index (χ2n) is 7.94. The highest BCUT2D eigenvalue weighted by atomic mass is 19.1. The maximum Gasteiger partial charge on any atom is 0.251 e. The molecule has 5 rings (SSSR count). The number of hydrogen-bond acceptors (Lipinski definition) is 6. The minimum absolute atomic E-state index is 0.0822. The van der Waals surface area contributed by atoms with Gasteiger partial charge < -0.3 is 20.8 Å². The van der Waals surface area contributed by atoms with Crippen LogP contribution in [0.2, 0.25) is 0 Å². The Labute approximate surface area is 182 Å². The number of aliphatic hydroxyl groups excluding tert-OH is 2. The number of imidazole rings is 1. The molecule has 9 heteroatoms. The first-order valence-electron chi connectivity index (χ1n) is 10.4. The first-order chi connectivity index (χ1) is 15.5. The van der Waals surface area contributed by atoms with Crippen LogP contribution in [0.5, 0.6) is 0 Å². The van der Waals surface area contributed by atoms with Crippen molar-refractivity contribution in [1.82, 2.24) is 19.7 Å². The molecular weight excluding hydrogens is 413 g/mol. The predicted octanol–water partition coefficient (Wildman–Crippen LogP) is 2.35. The highest BCUT2D eigenvalue weighted by Gasteiger charge is 2.24. The molecule has 1 aliphatic carbocycles. The first kappa shape index (κ1) is 20.3. The van der Waals surface area contributed by atoms with Gasteiger partial charge in [-0.2, -0.15) is 0 Å². The summed E-state index contributed by atoms with van der Waals surface area (Å²) in [7, 11) is 0. The van der Waals surface area contributed by atoms with Crippen LogP contribution in [0.3, 0.4) is 0 Å². The fourth-order valence-corrected chi connectivity index (χ4v) is 3.59. The van der Waals surface area contributed by atoms with Crippen molar-refractivity contribution in [2.75, 3.05) is 18.5 Å². The van der Waals surface area contributed by atoms with Crippen LogP contribution in [0.4, 0.5) is 10.2 Å². The third-order valence-corrected chi connectivity index (χ3v) is 5.46. The van der Waals surface area contributed by atoms with Crippen LogP contribution in [-0.2, 0) is 0 Å². The third kappa shape index (κ3) is 3.88. The lowest BCUT2D eigenvalue weighted by Crippen LogP contribution is -2.25. The van der Waals surface area contributed by atoms with E-state index in [4.69, 9.17) is 5.11 Å². The number of aliphatic hydroxyl groups is 2. The van der Waals surface area contributed by atoms with Crippen molar-refractivity contribution < 1.29 is 19.4 Å². The molecule has 2 aromatic carbocycles. The second-order valence-corrected chi connectivity index (χ2v) is 7.94. The fourth-order valence-electron chi connectivity index (χ4n) is 3.59. The Morgan fingerprint density at radius 3 is 2.72 bits per heavy atom. The van der Waals surface area contributed by atoms with Gasteiger partial charge in [0, 0.05) is 29.8 Å². The molecule has 1 fully saturated rings. The zero-order chi connectivity index (χ0) is 22.2. The maximum absolute atomic E-state index is 14.1. The Kier molecular flexibility index (Phi) is 5.20. The number of amides is 1. The SMILES string of the molecule is O=C(NC1CC1)c1ccc(-c2cnc3c(NC[C@@H](O)CO)nc4ccc(F)cc4n23)cc1. The van der Waals surface area contributed by atoms with E-state index in [1.807, 2.05) is 12.1 Å². The molecule has 32 heavy (non-hydrogen) atoms. The van der Waals surface area contributed by atoms with Crippen LogP contribution in [-0.4, -0.2) is 55.8 Å². The van der Waals surface area contributed by atoms with Gasteiger partial charge in [0.1, 0.15) is 5.82 Å². The molecule has 8 nitrogen and oxygen atoms in total. The van der Waals surface area contributed by atoms with Crippen molar-refractivity contribution in [3.8, 4) is 11.3 Å². The molecule has 0 aliphatic heterocycles. The summed E-state index contributed by atoms with van der Waals surface area (Å²) in [5.41, 5.74) is 3.62. The average Bonchev–Trinajstić information content (AvgIpc) is 3.51. The van der Waals surface area contributed by atoms with E-state index in [1.165, 1.54) is 12.1 Å². The molecule has 2 aromatic heterocycles. The summed E-state index contributed by atoms with van der Waals surface area (Å²) >= 11 is 0. The normalized spacial score (nSPS) is 14.6. The molecule has 0 saturated heterocycles. The summed E-state index contributed by atoms with van der Waals surface area (Å²) < 4.78 is 15.9. The minimum atomic E-state index is -0.954. The van der Waals surface area contributed by atoms with Crippen LogP contribution in [0.1, 0.15) is 23.2 Å². The first-order valence-corrected chi connectivity index (χ1v) is 10.4. The number of halogens is 1. The van der Waals surface area contributed by atoms with Gasteiger partial charge in [-0.1, -0.05) is 12.1 Å². The van der Waals surface area contributed by atoms with E-state index >= 15 is 0 Å². The maximum atomic E-state index is 14.1. The van der Waals surface area contributed by atoms with Crippen molar-refractivity contribution in [3.05, 3.63) is 60.0 Å². The van der Waals surface area contributed by atoms with Gasteiger partial charge in [0.25, 0.3) is 5.91 Å². The summed E-state index contributed by atoms with van der Waals surface area (Å²) in [5.74, 6) is -0.0881. The molecule has 0 spiro atoms. The van der Waals surface area contributed by atoms with Crippen molar-refractivity contribution in [1.29, 1.82) is 0 Å². The lowest BCUT2D eigenvalue weighted by molar-refractivity contribution is 0.0951. The highest BCUT2D eigenvalue weighted by molar-refractivity contribution is 5.95. The number of nitrogens with zero attached hydrogens (tertiary/aromatic N) is 3. The molecule has 1 saturated carbocycles. The Morgan fingerprint density at radius 1 is 1.22 bits per heavy atom. The summed E-state index contributed by atoms with van der Waals surface area (Å²) in [6.07, 6.45) is 2.75. The average molecular weight is 435 g/mol. The number of anilines is 1. The van der Waals surface area contributed by atoms with Crippen molar-refractivity contribution in [2.24, 2.45) is 0 Å². The smallest absolute Gasteiger partial charge is 0.251 e. The number of rotatable bonds is 7. The van der Waals surface area contributed by atoms with Crippen LogP contribution >= 0.6 is 0 Å². The second kappa shape index (κ2) is 8.18. The van der Waals surface area contributed by atoms with E-state index in [0.717, 1.165) is 18.4 Å². The van der Waals surface area contributed by atoms with Gasteiger partial charge in [-0.3, -0.25) is 9.20 Å². The van der Waals surface area contributed by atoms with Gasteiger partial charge in [0.05, 0.1) is 35.6 Å². The lowest BCUT2D eigenvalue weighted by Gasteiger charge is -2.13. The molecule has 1 amide bonds. The number of fused-ring (bicyclic) bond motifs is 3. The number of hydrogen-bond donors (Lipinski definition) is 4. The molecule has 164 valence electrons. The zero-order valence-corrected chi connectivity index (χ0v) is 17.1. The predicted molar refractivity (Wildman–Crippen MR) is 118 cm³/mol. The lowest BCUT2D eigenvalue weighted by atomic mass is 10.1. The molecule has 4 N–H and O–H groups in total. The molecule has 0 unspecified atom stereocenters. The van der Waals surface area contributed by atoms with E-state index in [2.05, 4.69) is 20.6 Å². The van der Waals surface area contributed by atoms with E-state index in [1.54, 1.807) is 28.8 Å². The van der Waals surface area contributed by atoms with Gasteiger partial charge in [-0.05, 0) is 37.1 Å². The number of carbonyl (C=O) groups excluding carboxylic acids is 1. The van der Waals surface area contributed by atoms with Crippen LogP contribution in [0, 0.1) is 5.82 Å². The van der Waals surface area contributed by atoms with Crippen LogP contribution in [0.15, 0.2) is 48.7 Å². The van der Waals surface area contributed by atoms with Crippen molar-refractivity contribution in [2.45, 2.75) is 25.0 Å². The monoisotopic (exact) mass is 435 g/mol. The molecular formula is C23H22FN5O3. The minimum Gasteiger partial charge on any atom is -0.394 e. The van der Waals surface area contributed by atoms with Crippen molar-refractivity contribution >= 4 is 28.4 Å². The Bertz CT molecular complexity index is 1300. The van der Waals surface area contributed by atoms with Crippen LogP contribution in [0.25, 0.3) is 27.9 Å². The van der Waals surface area contributed by atoms with E-state index in [-0.39, 0.29) is 25.1 Å². The van der Waals surface area contributed by atoms with Gasteiger partial charge in [-0.15, -0.1) is 0 Å². The summed E-state index contributed by atoms with van der Waals surface area (Å²) in [6.45, 7) is -0.304. The molecule has 0 radical (unpaired) electrons. The molecule has 0 bridgehead atoms. The molecule has 1 aliphatic rings. The van der Waals surface area contributed by atoms with Gasteiger partial charge in [-0.25, -0.2) is 14.4 Å². The number of carbonyl (C=O) groups is 1. The van der Waals surface area contributed by atoms with Gasteiger partial charge in [0.15, 0.2) is 11.5 Å². The Morgan fingerprint density at radius 2 is 2.00 bits per heavy atom. The van der Waals surface area contributed by atoms with E-state index in [9.17, 15) is 14.3 Å². The van der Waals surface area contributed by atoms with Crippen molar-refractivity contribution in [3.63, 3.8) is 0 Å². The Balaban J connectivity index is 1.58. The zero-order valence-electron chi connectivity index (χ0n) is 17.1. The van der Waals surface area contributed by atoms with Crippen LogP contribution < -0.4 is 10.6 Å². The standard InChI is InChI=1S/C23H22FN5O3/c24-15-5-8-18-19(9-15)29-20(11-26-22(29)21(28-18)25-10-17(31)12-30)13-1-3-14(4-2-13)23(32)27-16-6-7-16/h1-5,8-9,11,16-17,30-31H,6-7,10,12H2,(H,25,28)(H,27,32)/t17-/m1/s1. The summed E-state index contributed by atoms with van der Waals surface area (Å²) in [4.78, 5) is 21.3. The van der Waals surface area contributed by atoms with Gasteiger partial charge >= 0.3 is 0 Å². The molecule has 1 atom stereocenters. The highest BCUT2D eigenvalue weighted by Crippen LogP contribution is 2.29. The summed E-state index contributed by atoms with van der Waals surface area (Å²) in [6, 6.07) is 11.8. The summed E-state index contributed by atoms with van der Waals surface area (Å²) in [5, 5.41) is 24.8. The largest absolute Gasteiger partial charge is 0.394 e. The van der Waals surface area contributed by atoms with Gasteiger partial charge in [0.2, 0.25) is 0 Å². The number of nitrogens with one attached hydrogen (secondary N) is 2. The third-order valence-electron chi connectivity index (χ3n) is 5.46. The topological polar surface area (TPSA) is 112 Å². The molecule has 2 heterocycles. The quantitative estimate of drug-likeness (QED) is 0.355. The van der Waals surface area contributed by atoms with E-state index < -0.39 is 11.9 Å². The molecule has 4 aromatic rings. The number of aromatic nitrogens is 3. The number of benzene rings is 2.